The molecule has 2 amide bonds. The summed E-state index contributed by atoms with van der Waals surface area (Å²) >= 11 is 0. The van der Waals surface area contributed by atoms with E-state index in [0.717, 1.165) is 22.3 Å². The first kappa shape index (κ1) is 24.8. The van der Waals surface area contributed by atoms with Gasteiger partial charge in [0.25, 0.3) is 0 Å². The van der Waals surface area contributed by atoms with E-state index in [1.807, 2.05) is 63.1 Å². The molecule has 0 radical (unpaired) electrons. The monoisotopic (exact) mass is 462 g/mol. The second-order valence-electron chi connectivity index (χ2n) is 9.45. The summed E-state index contributed by atoms with van der Waals surface area (Å²) in [5.74, 6) is 2.52. The molecular weight excluding hydrogens is 432 g/mol. The Morgan fingerprint density at radius 2 is 1.62 bits per heavy atom. The average molecular weight is 463 g/mol. The summed E-state index contributed by atoms with van der Waals surface area (Å²) in [5.41, 5.74) is 4.45. The molecular formula is C27H30N2O5. The first-order valence-corrected chi connectivity index (χ1v) is 11.3. The highest BCUT2D eigenvalue weighted by molar-refractivity contribution is 5.87. The van der Waals surface area contributed by atoms with Crippen molar-refractivity contribution in [1.82, 2.24) is 10.6 Å². The number of carbonyl (C=O) groups is 3. The van der Waals surface area contributed by atoms with Crippen LogP contribution in [-0.4, -0.2) is 42.3 Å². The minimum absolute atomic E-state index is 0.0372. The third-order valence-electron chi connectivity index (χ3n) is 5.68. The summed E-state index contributed by atoms with van der Waals surface area (Å²) < 4.78 is 5.57. The number of carbonyl (C=O) groups excluding carboxylic acids is 2. The smallest absolute Gasteiger partial charge is 0.407 e. The number of nitrogens with one attached hydrogen (secondary N) is 2. The second kappa shape index (κ2) is 10.9. The van der Waals surface area contributed by atoms with E-state index in [2.05, 4.69) is 28.7 Å². The SMILES string of the molecule is CC(C)(C)CCC(NC(=O)OCC1c2ccccc2-c2ccccc21)C(=O)NCC#CC(=O)O. The minimum Gasteiger partial charge on any atom is -0.472 e. The number of aliphatic carboxylic acids is 1. The third-order valence-corrected chi connectivity index (χ3v) is 5.68. The molecule has 2 aromatic rings. The van der Waals surface area contributed by atoms with Gasteiger partial charge >= 0.3 is 12.1 Å². The van der Waals surface area contributed by atoms with Crippen LogP contribution in [0, 0.1) is 17.3 Å². The van der Waals surface area contributed by atoms with Crippen molar-refractivity contribution in [2.45, 2.75) is 45.6 Å². The molecule has 1 unspecified atom stereocenters. The summed E-state index contributed by atoms with van der Waals surface area (Å²) in [7, 11) is 0. The number of hydrogen-bond acceptors (Lipinski definition) is 4. The number of carboxylic acids is 1. The summed E-state index contributed by atoms with van der Waals surface area (Å²) in [6.07, 6.45) is 0.425. The number of amides is 2. The van der Waals surface area contributed by atoms with Crippen LogP contribution in [0.5, 0.6) is 0 Å². The van der Waals surface area contributed by atoms with Gasteiger partial charge in [0.1, 0.15) is 12.6 Å². The number of rotatable bonds is 7. The molecule has 178 valence electrons. The Kier molecular flexibility index (Phi) is 7.95. The van der Waals surface area contributed by atoms with Crippen molar-refractivity contribution in [2.24, 2.45) is 5.41 Å². The Morgan fingerprint density at radius 1 is 1.03 bits per heavy atom. The lowest BCUT2D eigenvalue weighted by molar-refractivity contribution is -0.130. The number of hydrogen-bond donors (Lipinski definition) is 3. The Bertz CT molecular complexity index is 1080. The van der Waals surface area contributed by atoms with Gasteiger partial charge in [-0.15, -0.1) is 0 Å². The van der Waals surface area contributed by atoms with Crippen molar-refractivity contribution in [2.75, 3.05) is 13.2 Å². The summed E-state index contributed by atoms with van der Waals surface area (Å²) in [6, 6.07) is 15.3. The molecule has 0 aliphatic heterocycles. The van der Waals surface area contributed by atoms with Gasteiger partial charge in [0.2, 0.25) is 5.91 Å². The third kappa shape index (κ3) is 6.61. The van der Waals surface area contributed by atoms with E-state index in [1.165, 1.54) is 0 Å². The minimum atomic E-state index is -1.27. The van der Waals surface area contributed by atoms with Gasteiger partial charge < -0.3 is 20.5 Å². The van der Waals surface area contributed by atoms with E-state index in [0.29, 0.717) is 12.8 Å². The maximum Gasteiger partial charge on any atom is 0.407 e. The van der Waals surface area contributed by atoms with Crippen LogP contribution in [0.1, 0.15) is 50.7 Å². The fraction of sp³-hybridized carbons (Fsp3) is 0.370. The van der Waals surface area contributed by atoms with Crippen LogP contribution in [0.2, 0.25) is 0 Å². The van der Waals surface area contributed by atoms with Crippen molar-refractivity contribution in [3.8, 4) is 23.0 Å². The van der Waals surface area contributed by atoms with E-state index in [1.54, 1.807) is 0 Å². The molecule has 1 atom stereocenters. The molecule has 0 spiro atoms. The molecule has 0 heterocycles. The van der Waals surface area contributed by atoms with E-state index in [9.17, 15) is 14.4 Å². The molecule has 1 aliphatic carbocycles. The van der Waals surface area contributed by atoms with Gasteiger partial charge in [0.05, 0.1) is 6.54 Å². The molecule has 0 saturated heterocycles. The van der Waals surface area contributed by atoms with Gasteiger partial charge in [0.15, 0.2) is 0 Å². The molecule has 1 aliphatic rings. The van der Waals surface area contributed by atoms with Crippen molar-refractivity contribution in [3.63, 3.8) is 0 Å². The maximum atomic E-state index is 12.7. The fourth-order valence-electron chi connectivity index (χ4n) is 4.00. The topological polar surface area (TPSA) is 105 Å². The predicted octanol–water partition coefficient (Wildman–Crippen LogP) is 3.92. The standard InChI is InChI=1S/C27H30N2O5/c1-27(2,3)15-14-23(25(32)28-16-8-13-24(30)31)29-26(33)34-17-22-20-11-6-4-9-18(20)19-10-5-7-12-21(19)22/h4-7,9-12,22-23H,14-17H2,1-3H3,(H,28,32)(H,29,33)(H,30,31). The van der Waals surface area contributed by atoms with Gasteiger partial charge in [-0.2, -0.15) is 0 Å². The highest BCUT2D eigenvalue weighted by Gasteiger charge is 2.30. The van der Waals surface area contributed by atoms with Crippen LogP contribution in [0.4, 0.5) is 4.79 Å². The van der Waals surface area contributed by atoms with Crippen molar-refractivity contribution in [3.05, 3.63) is 59.7 Å². The van der Waals surface area contributed by atoms with Gasteiger partial charge in [-0.3, -0.25) is 4.79 Å². The number of fused-ring (bicyclic) bond motifs is 3. The van der Waals surface area contributed by atoms with Gasteiger partial charge in [-0.05, 0) is 40.5 Å². The van der Waals surface area contributed by atoms with Crippen LogP contribution in [0.15, 0.2) is 48.5 Å². The zero-order valence-corrected chi connectivity index (χ0v) is 19.7. The van der Waals surface area contributed by atoms with Crippen LogP contribution in [-0.2, 0) is 14.3 Å². The Hall–Kier alpha value is -3.79. The molecule has 34 heavy (non-hydrogen) atoms. The molecule has 7 heteroatoms. The van der Waals surface area contributed by atoms with Crippen LogP contribution >= 0.6 is 0 Å². The zero-order valence-electron chi connectivity index (χ0n) is 19.7. The molecule has 3 rings (SSSR count). The highest BCUT2D eigenvalue weighted by Crippen LogP contribution is 2.44. The normalized spacial score (nSPS) is 13.0. The van der Waals surface area contributed by atoms with Crippen molar-refractivity contribution < 1.29 is 24.2 Å². The lowest BCUT2D eigenvalue weighted by Gasteiger charge is -2.23. The summed E-state index contributed by atoms with van der Waals surface area (Å²) in [4.78, 5) is 35.8. The summed E-state index contributed by atoms with van der Waals surface area (Å²) in [6.45, 7) is 6.18. The molecule has 0 aromatic heterocycles. The first-order valence-electron chi connectivity index (χ1n) is 11.3. The molecule has 0 saturated carbocycles. The molecule has 0 bridgehead atoms. The van der Waals surface area contributed by atoms with Crippen LogP contribution in [0.25, 0.3) is 11.1 Å². The number of ether oxygens (including phenoxy) is 1. The maximum absolute atomic E-state index is 12.7. The lowest BCUT2D eigenvalue weighted by atomic mass is 9.88. The summed E-state index contributed by atoms with van der Waals surface area (Å²) in [5, 5.41) is 13.8. The molecule has 3 N–H and O–H groups in total. The van der Waals surface area contributed by atoms with Gasteiger partial charge in [0, 0.05) is 11.8 Å². The van der Waals surface area contributed by atoms with E-state index >= 15 is 0 Å². The van der Waals surface area contributed by atoms with Gasteiger partial charge in [-0.1, -0.05) is 75.2 Å². The molecule has 2 aromatic carbocycles. The highest BCUT2D eigenvalue weighted by atomic mass is 16.5. The van der Waals surface area contributed by atoms with Gasteiger partial charge in [-0.25, -0.2) is 9.59 Å². The van der Waals surface area contributed by atoms with Crippen molar-refractivity contribution in [1.29, 1.82) is 0 Å². The second-order valence-corrected chi connectivity index (χ2v) is 9.45. The van der Waals surface area contributed by atoms with E-state index in [-0.39, 0.29) is 24.5 Å². The largest absolute Gasteiger partial charge is 0.472 e. The fourth-order valence-corrected chi connectivity index (χ4v) is 4.00. The Labute approximate surface area is 199 Å². The number of benzene rings is 2. The quantitative estimate of drug-likeness (QED) is 0.541. The van der Waals surface area contributed by atoms with Crippen molar-refractivity contribution >= 4 is 18.0 Å². The average Bonchev–Trinajstić information content (AvgIpc) is 3.11. The van der Waals surface area contributed by atoms with E-state index < -0.39 is 24.0 Å². The molecule has 0 fully saturated rings. The predicted molar refractivity (Wildman–Crippen MR) is 129 cm³/mol. The number of alkyl carbamates (subject to hydrolysis) is 1. The first-order chi connectivity index (χ1) is 16.2. The Balaban J connectivity index is 1.64. The number of carboxylic acid groups (broad SMARTS) is 1. The van der Waals surface area contributed by atoms with E-state index in [4.69, 9.17) is 9.84 Å². The van der Waals surface area contributed by atoms with Crippen LogP contribution < -0.4 is 10.6 Å². The Morgan fingerprint density at radius 3 is 2.18 bits per heavy atom. The van der Waals surface area contributed by atoms with Crippen LogP contribution in [0.3, 0.4) is 0 Å². The lowest BCUT2D eigenvalue weighted by Crippen LogP contribution is -2.47. The zero-order chi connectivity index (χ0) is 24.7. The molecule has 7 nitrogen and oxygen atoms in total.